The SMILES string of the molecule is Cc1nc(N2CCOCC2)[nH]c(=O)c1CCC(=O)N(CC(C)C(=O)O)C1CC1. The van der Waals surface area contributed by atoms with E-state index in [0.717, 1.165) is 12.8 Å². The summed E-state index contributed by atoms with van der Waals surface area (Å²) in [6.07, 6.45) is 2.29. The molecule has 2 aliphatic rings. The molecule has 28 heavy (non-hydrogen) atoms. The highest BCUT2D eigenvalue weighted by atomic mass is 16.5. The number of hydrogen-bond acceptors (Lipinski definition) is 6. The van der Waals surface area contributed by atoms with Gasteiger partial charge in [-0.2, -0.15) is 0 Å². The molecule has 9 heteroatoms. The maximum absolute atomic E-state index is 12.7. The fraction of sp³-hybridized carbons (Fsp3) is 0.684. The predicted octanol–water partition coefficient (Wildman–Crippen LogP) is 0.559. The summed E-state index contributed by atoms with van der Waals surface area (Å²) in [5.74, 6) is -1.08. The first kappa shape index (κ1) is 20.3. The summed E-state index contributed by atoms with van der Waals surface area (Å²) in [4.78, 5) is 47.3. The van der Waals surface area contributed by atoms with Gasteiger partial charge < -0.3 is 19.6 Å². The molecule has 2 heterocycles. The number of ether oxygens (including phenoxy) is 1. The molecule has 1 aliphatic carbocycles. The van der Waals surface area contributed by atoms with E-state index in [1.54, 1.807) is 18.7 Å². The largest absolute Gasteiger partial charge is 0.481 e. The van der Waals surface area contributed by atoms with Crippen LogP contribution in [0.1, 0.15) is 37.4 Å². The smallest absolute Gasteiger partial charge is 0.308 e. The van der Waals surface area contributed by atoms with Crippen LogP contribution >= 0.6 is 0 Å². The van der Waals surface area contributed by atoms with Gasteiger partial charge in [-0.3, -0.25) is 19.4 Å². The van der Waals surface area contributed by atoms with Crippen LogP contribution in [0.4, 0.5) is 5.95 Å². The van der Waals surface area contributed by atoms with Crippen molar-refractivity contribution in [2.24, 2.45) is 5.92 Å². The molecule has 2 fully saturated rings. The minimum Gasteiger partial charge on any atom is -0.481 e. The maximum Gasteiger partial charge on any atom is 0.308 e. The molecule has 0 radical (unpaired) electrons. The third-order valence-electron chi connectivity index (χ3n) is 5.31. The Bertz CT molecular complexity index is 783. The van der Waals surface area contributed by atoms with Crippen molar-refractivity contribution >= 4 is 17.8 Å². The number of nitrogens with zero attached hydrogens (tertiary/aromatic N) is 3. The van der Waals surface area contributed by atoms with Crippen LogP contribution in [-0.4, -0.2) is 70.7 Å². The Balaban J connectivity index is 1.65. The zero-order chi connectivity index (χ0) is 20.3. The molecular weight excluding hydrogens is 364 g/mol. The fourth-order valence-corrected chi connectivity index (χ4v) is 3.40. The van der Waals surface area contributed by atoms with Gasteiger partial charge in [0, 0.05) is 43.4 Å². The van der Waals surface area contributed by atoms with E-state index in [0.29, 0.717) is 49.9 Å². The third kappa shape index (κ3) is 4.89. The number of morpholine rings is 1. The van der Waals surface area contributed by atoms with Gasteiger partial charge in [0.25, 0.3) is 5.56 Å². The first-order valence-corrected chi connectivity index (χ1v) is 9.81. The van der Waals surface area contributed by atoms with Crippen LogP contribution in [-0.2, 0) is 20.7 Å². The van der Waals surface area contributed by atoms with E-state index in [2.05, 4.69) is 9.97 Å². The Kier molecular flexibility index (Phi) is 6.33. The van der Waals surface area contributed by atoms with E-state index >= 15 is 0 Å². The number of aliphatic carboxylic acids is 1. The second-order valence-corrected chi connectivity index (χ2v) is 7.57. The summed E-state index contributed by atoms with van der Waals surface area (Å²) in [6.45, 7) is 6.16. The van der Waals surface area contributed by atoms with Crippen LogP contribution in [0.2, 0.25) is 0 Å². The summed E-state index contributed by atoms with van der Waals surface area (Å²) >= 11 is 0. The monoisotopic (exact) mass is 392 g/mol. The van der Waals surface area contributed by atoms with Crippen LogP contribution in [0, 0.1) is 12.8 Å². The van der Waals surface area contributed by atoms with Crippen LogP contribution in [0.25, 0.3) is 0 Å². The number of carbonyl (C=O) groups excluding carboxylic acids is 1. The summed E-state index contributed by atoms with van der Waals surface area (Å²) in [6, 6.07) is 0.135. The summed E-state index contributed by atoms with van der Waals surface area (Å²) in [5.41, 5.74) is 0.904. The molecule has 0 spiro atoms. The number of H-pyrrole nitrogens is 1. The standard InChI is InChI=1S/C19H28N4O5/c1-12(18(26)27)11-23(14-3-4-14)16(24)6-5-15-13(2)20-19(21-17(15)25)22-7-9-28-10-8-22/h12,14H,3-11H2,1-2H3,(H,26,27)(H,20,21,25). The van der Waals surface area contributed by atoms with Crippen molar-refractivity contribution in [2.75, 3.05) is 37.7 Å². The number of hydrogen-bond donors (Lipinski definition) is 2. The van der Waals surface area contributed by atoms with E-state index in [1.807, 2.05) is 4.90 Å². The van der Waals surface area contributed by atoms with Gasteiger partial charge in [-0.05, 0) is 26.2 Å². The summed E-state index contributed by atoms with van der Waals surface area (Å²) in [5, 5.41) is 9.13. The molecule has 1 atom stereocenters. The van der Waals surface area contributed by atoms with E-state index in [1.165, 1.54) is 0 Å². The number of carboxylic acids is 1. The number of nitrogens with one attached hydrogen (secondary N) is 1. The second kappa shape index (κ2) is 8.72. The Morgan fingerprint density at radius 3 is 2.61 bits per heavy atom. The molecule has 154 valence electrons. The number of anilines is 1. The fourth-order valence-electron chi connectivity index (χ4n) is 3.40. The quantitative estimate of drug-likeness (QED) is 0.664. The van der Waals surface area contributed by atoms with Crippen LogP contribution in [0.15, 0.2) is 4.79 Å². The molecule has 9 nitrogen and oxygen atoms in total. The van der Waals surface area contributed by atoms with E-state index in [4.69, 9.17) is 9.84 Å². The van der Waals surface area contributed by atoms with Crippen molar-refractivity contribution in [3.63, 3.8) is 0 Å². The number of carboxylic acid groups (broad SMARTS) is 1. The van der Waals surface area contributed by atoms with Gasteiger partial charge in [0.15, 0.2) is 0 Å². The minimum absolute atomic E-state index is 0.105. The Morgan fingerprint density at radius 2 is 2.04 bits per heavy atom. The predicted molar refractivity (Wildman–Crippen MR) is 102 cm³/mol. The molecule has 1 amide bonds. The van der Waals surface area contributed by atoms with Crippen LogP contribution < -0.4 is 10.5 Å². The lowest BCUT2D eigenvalue weighted by molar-refractivity contribution is -0.143. The summed E-state index contributed by atoms with van der Waals surface area (Å²) in [7, 11) is 0. The number of aromatic amines is 1. The molecule has 0 bridgehead atoms. The number of carbonyl (C=O) groups is 2. The van der Waals surface area contributed by atoms with Crippen molar-refractivity contribution in [3.8, 4) is 0 Å². The number of rotatable bonds is 8. The van der Waals surface area contributed by atoms with Crippen molar-refractivity contribution in [1.82, 2.24) is 14.9 Å². The molecule has 1 unspecified atom stereocenters. The molecule has 1 aromatic rings. The lowest BCUT2D eigenvalue weighted by Gasteiger charge is -2.27. The van der Waals surface area contributed by atoms with Crippen molar-refractivity contribution in [1.29, 1.82) is 0 Å². The first-order valence-electron chi connectivity index (χ1n) is 9.81. The normalized spacial score (nSPS) is 18.0. The average Bonchev–Trinajstić information content (AvgIpc) is 3.50. The lowest BCUT2D eigenvalue weighted by Crippen LogP contribution is -2.39. The van der Waals surface area contributed by atoms with E-state index < -0.39 is 11.9 Å². The van der Waals surface area contributed by atoms with Gasteiger partial charge in [-0.15, -0.1) is 0 Å². The highest BCUT2D eigenvalue weighted by molar-refractivity contribution is 5.78. The van der Waals surface area contributed by atoms with Crippen LogP contribution in [0.5, 0.6) is 0 Å². The lowest BCUT2D eigenvalue weighted by atomic mass is 10.1. The topological polar surface area (TPSA) is 116 Å². The minimum atomic E-state index is -0.909. The molecule has 0 aromatic carbocycles. The Labute approximate surface area is 163 Å². The molecule has 2 N–H and O–H groups in total. The number of aryl methyl sites for hydroxylation is 1. The number of amides is 1. The van der Waals surface area contributed by atoms with Crippen molar-refractivity contribution in [2.45, 2.75) is 45.6 Å². The summed E-state index contributed by atoms with van der Waals surface area (Å²) < 4.78 is 5.32. The average molecular weight is 392 g/mol. The highest BCUT2D eigenvalue weighted by Crippen LogP contribution is 2.28. The first-order chi connectivity index (χ1) is 13.4. The van der Waals surface area contributed by atoms with Crippen LogP contribution in [0.3, 0.4) is 0 Å². The Morgan fingerprint density at radius 1 is 1.36 bits per heavy atom. The van der Waals surface area contributed by atoms with Crippen molar-refractivity contribution < 1.29 is 19.4 Å². The van der Waals surface area contributed by atoms with E-state index in [-0.39, 0.29) is 30.5 Å². The van der Waals surface area contributed by atoms with E-state index in [9.17, 15) is 14.4 Å². The third-order valence-corrected chi connectivity index (χ3v) is 5.31. The van der Waals surface area contributed by atoms with Gasteiger partial charge >= 0.3 is 5.97 Å². The molecule has 1 saturated carbocycles. The zero-order valence-electron chi connectivity index (χ0n) is 16.4. The molecule has 1 aliphatic heterocycles. The number of aromatic nitrogens is 2. The highest BCUT2D eigenvalue weighted by Gasteiger charge is 2.34. The molecular formula is C19H28N4O5. The second-order valence-electron chi connectivity index (χ2n) is 7.57. The van der Waals surface area contributed by atoms with Crippen molar-refractivity contribution in [3.05, 3.63) is 21.6 Å². The zero-order valence-corrected chi connectivity index (χ0v) is 16.4. The molecule has 1 aromatic heterocycles. The van der Waals surface area contributed by atoms with Gasteiger partial charge in [-0.25, -0.2) is 4.98 Å². The van der Waals surface area contributed by atoms with Gasteiger partial charge in [0.2, 0.25) is 11.9 Å². The van der Waals surface area contributed by atoms with Gasteiger partial charge in [-0.1, -0.05) is 6.92 Å². The molecule has 1 saturated heterocycles. The van der Waals surface area contributed by atoms with Gasteiger partial charge in [0.05, 0.1) is 19.1 Å². The van der Waals surface area contributed by atoms with Gasteiger partial charge in [0.1, 0.15) is 0 Å². The molecule has 3 rings (SSSR count). The maximum atomic E-state index is 12.7. The Hall–Kier alpha value is -2.42.